The van der Waals surface area contributed by atoms with Crippen LogP contribution in [-0.4, -0.2) is 53.2 Å². The lowest BCUT2D eigenvalue weighted by molar-refractivity contribution is 0.587. The van der Waals surface area contributed by atoms with Gasteiger partial charge in [0.1, 0.15) is 5.82 Å². The number of pyridine rings is 2. The van der Waals surface area contributed by atoms with E-state index in [9.17, 15) is 8.42 Å². The summed E-state index contributed by atoms with van der Waals surface area (Å²) in [7, 11) is -2.92. The molecule has 1 aliphatic rings. The van der Waals surface area contributed by atoms with E-state index in [0.717, 1.165) is 22.3 Å². The van der Waals surface area contributed by atoms with Gasteiger partial charge in [0.25, 0.3) is 0 Å². The van der Waals surface area contributed by atoms with Gasteiger partial charge in [-0.15, -0.1) is 5.10 Å². The minimum atomic E-state index is -2.92. The van der Waals surface area contributed by atoms with Crippen LogP contribution in [0, 0.1) is 0 Å². The molecule has 0 aliphatic carbocycles. The number of nitrogens with zero attached hydrogens (tertiary/aromatic N) is 5. The molecule has 8 nitrogen and oxygen atoms in total. The van der Waals surface area contributed by atoms with Crippen molar-refractivity contribution in [2.45, 2.75) is 19.8 Å². The van der Waals surface area contributed by atoms with Crippen molar-refractivity contribution >= 4 is 38.2 Å². The van der Waals surface area contributed by atoms with E-state index in [4.69, 9.17) is 0 Å². The van der Waals surface area contributed by atoms with Crippen molar-refractivity contribution in [2.24, 2.45) is 0 Å². The number of hydrogen-bond donors (Lipinski definition) is 1. The standard InChI is InChI=1S/C19H22N6O2S/c1-13(2)14-9-19(24-21-11-14)23-18-4-3-16-17(22-18)10-15(12-20-16)25-5-7-28(26,27)8-6-25/h3-4,9-13H,5-8H2,1-2H3,(H,22,23,24). The van der Waals surface area contributed by atoms with Crippen LogP contribution in [0.5, 0.6) is 0 Å². The van der Waals surface area contributed by atoms with Crippen LogP contribution in [0.4, 0.5) is 17.3 Å². The second-order valence-electron chi connectivity index (χ2n) is 7.22. The lowest BCUT2D eigenvalue weighted by atomic mass is 10.1. The highest BCUT2D eigenvalue weighted by atomic mass is 32.2. The summed E-state index contributed by atoms with van der Waals surface area (Å²) in [5, 5.41) is 11.4. The third-order valence-corrected chi connectivity index (χ3v) is 6.44. The van der Waals surface area contributed by atoms with Gasteiger partial charge in [-0.1, -0.05) is 13.8 Å². The summed E-state index contributed by atoms with van der Waals surface area (Å²) in [5.74, 6) is 2.00. The number of anilines is 3. The molecule has 4 rings (SSSR count). The van der Waals surface area contributed by atoms with E-state index in [0.29, 0.717) is 30.6 Å². The summed E-state index contributed by atoms with van der Waals surface area (Å²) in [6.07, 6.45) is 3.53. The molecule has 1 saturated heterocycles. The Morgan fingerprint density at radius 1 is 1.04 bits per heavy atom. The molecule has 9 heteroatoms. The normalized spacial score (nSPS) is 16.5. The fourth-order valence-corrected chi connectivity index (χ4v) is 4.30. The van der Waals surface area contributed by atoms with E-state index in [1.165, 1.54) is 0 Å². The van der Waals surface area contributed by atoms with Gasteiger partial charge in [-0.2, -0.15) is 5.10 Å². The Hall–Kier alpha value is -2.81. The minimum Gasteiger partial charge on any atom is -0.368 e. The Labute approximate surface area is 164 Å². The van der Waals surface area contributed by atoms with Gasteiger partial charge in [-0.05, 0) is 35.7 Å². The average molecular weight is 398 g/mol. The summed E-state index contributed by atoms with van der Waals surface area (Å²) in [5.41, 5.74) is 3.50. The van der Waals surface area contributed by atoms with E-state index < -0.39 is 9.84 Å². The topological polar surface area (TPSA) is 101 Å². The van der Waals surface area contributed by atoms with Gasteiger partial charge in [0, 0.05) is 13.1 Å². The number of aromatic nitrogens is 4. The first-order valence-corrected chi connectivity index (χ1v) is 11.0. The predicted octanol–water partition coefficient (Wildman–Crippen LogP) is 2.52. The molecule has 1 aliphatic heterocycles. The number of fused-ring (bicyclic) bond motifs is 1. The maximum atomic E-state index is 11.7. The van der Waals surface area contributed by atoms with Crippen molar-refractivity contribution < 1.29 is 8.42 Å². The second kappa shape index (κ2) is 7.31. The molecule has 0 amide bonds. The third kappa shape index (κ3) is 4.04. The van der Waals surface area contributed by atoms with E-state index in [1.54, 1.807) is 12.4 Å². The predicted molar refractivity (Wildman–Crippen MR) is 110 cm³/mol. The fraction of sp³-hybridized carbons (Fsp3) is 0.368. The van der Waals surface area contributed by atoms with Crippen molar-refractivity contribution in [3.05, 3.63) is 42.2 Å². The first-order chi connectivity index (χ1) is 13.4. The van der Waals surface area contributed by atoms with Crippen molar-refractivity contribution in [1.82, 2.24) is 20.2 Å². The molecule has 0 bridgehead atoms. The number of rotatable bonds is 4. The molecule has 0 aromatic carbocycles. The van der Waals surface area contributed by atoms with Crippen LogP contribution in [0.15, 0.2) is 36.7 Å². The molecular weight excluding hydrogens is 376 g/mol. The molecule has 4 heterocycles. The van der Waals surface area contributed by atoms with Gasteiger partial charge in [0.15, 0.2) is 15.7 Å². The summed E-state index contributed by atoms with van der Waals surface area (Å²) in [4.78, 5) is 11.1. The first-order valence-electron chi connectivity index (χ1n) is 9.21. The monoisotopic (exact) mass is 398 g/mol. The molecule has 1 fully saturated rings. The Bertz CT molecular complexity index is 1100. The first kappa shape index (κ1) is 18.5. The molecular formula is C19H22N6O2S. The van der Waals surface area contributed by atoms with Crippen molar-refractivity contribution in [3.63, 3.8) is 0 Å². The summed E-state index contributed by atoms with van der Waals surface area (Å²) in [6.45, 7) is 5.16. The van der Waals surface area contributed by atoms with Crippen LogP contribution in [0.2, 0.25) is 0 Å². The number of hydrogen-bond acceptors (Lipinski definition) is 8. The smallest absolute Gasteiger partial charge is 0.154 e. The lowest BCUT2D eigenvalue weighted by Crippen LogP contribution is -2.40. The Kier molecular flexibility index (Phi) is 4.84. The highest BCUT2D eigenvalue weighted by Crippen LogP contribution is 2.23. The van der Waals surface area contributed by atoms with Gasteiger partial charge in [0.2, 0.25) is 0 Å². The van der Waals surface area contributed by atoms with E-state index in [1.807, 2.05) is 29.2 Å². The molecule has 0 saturated carbocycles. The van der Waals surface area contributed by atoms with Gasteiger partial charge in [-0.3, -0.25) is 4.98 Å². The molecule has 3 aromatic rings. The average Bonchev–Trinajstić information content (AvgIpc) is 2.67. The molecule has 0 atom stereocenters. The summed E-state index contributed by atoms with van der Waals surface area (Å²) in [6, 6.07) is 7.66. The highest BCUT2D eigenvalue weighted by molar-refractivity contribution is 7.91. The Morgan fingerprint density at radius 2 is 1.82 bits per heavy atom. The third-order valence-electron chi connectivity index (χ3n) is 4.83. The van der Waals surface area contributed by atoms with Crippen LogP contribution in [0.3, 0.4) is 0 Å². The largest absolute Gasteiger partial charge is 0.368 e. The zero-order chi connectivity index (χ0) is 19.7. The maximum absolute atomic E-state index is 11.7. The molecule has 28 heavy (non-hydrogen) atoms. The molecule has 1 N–H and O–H groups in total. The number of nitrogens with one attached hydrogen (secondary N) is 1. The van der Waals surface area contributed by atoms with E-state index in [2.05, 4.69) is 39.3 Å². The Morgan fingerprint density at radius 3 is 2.57 bits per heavy atom. The molecule has 0 unspecified atom stereocenters. The van der Waals surface area contributed by atoms with Crippen LogP contribution < -0.4 is 10.2 Å². The lowest BCUT2D eigenvalue weighted by Gasteiger charge is -2.28. The Balaban J connectivity index is 1.59. The quantitative estimate of drug-likeness (QED) is 0.715. The van der Waals surface area contributed by atoms with Gasteiger partial charge < -0.3 is 10.2 Å². The number of sulfone groups is 1. The highest BCUT2D eigenvalue weighted by Gasteiger charge is 2.22. The SMILES string of the molecule is CC(C)c1cnnc(Nc2ccc3ncc(N4CCS(=O)(=O)CC4)cc3n2)c1. The summed E-state index contributed by atoms with van der Waals surface area (Å²) < 4.78 is 23.3. The zero-order valence-corrected chi connectivity index (χ0v) is 16.6. The van der Waals surface area contributed by atoms with Crippen LogP contribution in [-0.2, 0) is 9.84 Å². The maximum Gasteiger partial charge on any atom is 0.154 e. The second-order valence-corrected chi connectivity index (χ2v) is 9.52. The van der Waals surface area contributed by atoms with E-state index in [-0.39, 0.29) is 11.5 Å². The fourth-order valence-electron chi connectivity index (χ4n) is 3.10. The van der Waals surface area contributed by atoms with E-state index >= 15 is 0 Å². The van der Waals surface area contributed by atoms with Crippen molar-refractivity contribution in [1.29, 1.82) is 0 Å². The molecule has 146 valence electrons. The van der Waals surface area contributed by atoms with Gasteiger partial charge in [-0.25, -0.2) is 13.4 Å². The van der Waals surface area contributed by atoms with Crippen molar-refractivity contribution in [2.75, 3.05) is 34.8 Å². The molecule has 3 aromatic heterocycles. The minimum absolute atomic E-state index is 0.172. The van der Waals surface area contributed by atoms with Gasteiger partial charge >= 0.3 is 0 Å². The molecule has 0 spiro atoms. The van der Waals surface area contributed by atoms with Crippen LogP contribution in [0.25, 0.3) is 11.0 Å². The molecule has 0 radical (unpaired) electrons. The summed E-state index contributed by atoms with van der Waals surface area (Å²) >= 11 is 0. The van der Waals surface area contributed by atoms with Crippen LogP contribution >= 0.6 is 0 Å². The van der Waals surface area contributed by atoms with Crippen molar-refractivity contribution in [3.8, 4) is 0 Å². The zero-order valence-electron chi connectivity index (χ0n) is 15.8. The van der Waals surface area contributed by atoms with Gasteiger partial charge in [0.05, 0.1) is 40.6 Å². The van der Waals surface area contributed by atoms with Crippen LogP contribution in [0.1, 0.15) is 25.3 Å².